The molecule has 18 heavy (non-hydrogen) atoms. The molecule has 0 saturated heterocycles. The molecule has 0 spiro atoms. The van der Waals surface area contributed by atoms with Crippen LogP contribution in [0.5, 0.6) is 0 Å². The summed E-state index contributed by atoms with van der Waals surface area (Å²) in [5, 5.41) is 0. The first-order valence-corrected chi connectivity index (χ1v) is 5.86. The molecule has 0 amide bonds. The Hall–Kier alpha value is -2.09. The number of carbonyl (C=O) groups is 1. The molecule has 0 heterocycles. The molecule has 2 rings (SSSR count). The molecule has 2 aromatic rings. The minimum Gasteiger partial charge on any atom is -0.465 e. The van der Waals surface area contributed by atoms with Crippen molar-refractivity contribution in [2.75, 3.05) is 6.61 Å². The fraction of sp³-hybridized carbons (Fsp3) is 0.125. The van der Waals surface area contributed by atoms with E-state index in [0.29, 0.717) is 6.61 Å². The van der Waals surface area contributed by atoms with Gasteiger partial charge in [0.15, 0.2) is 0 Å². The highest BCUT2D eigenvalue weighted by Crippen LogP contribution is 2.24. The zero-order valence-corrected chi connectivity index (χ0v) is 10.1. The van der Waals surface area contributed by atoms with Gasteiger partial charge in [0.2, 0.25) is 0 Å². The van der Waals surface area contributed by atoms with Gasteiger partial charge in [0.25, 0.3) is 0 Å². The standard InChI is InChI=1S/C16H15O2/c1-13(17)18-12-16(14-8-4-2-5-9-14)15-10-6-3-7-11-15/h2-11,16H,1,12H2. The number of carbonyl (C=O) groups excluding carboxylic acids is 1. The van der Waals surface area contributed by atoms with Gasteiger partial charge in [-0.15, -0.1) is 0 Å². The third-order valence-electron chi connectivity index (χ3n) is 2.81. The van der Waals surface area contributed by atoms with Crippen LogP contribution < -0.4 is 0 Å². The third kappa shape index (κ3) is 3.20. The van der Waals surface area contributed by atoms with E-state index in [2.05, 4.69) is 6.92 Å². The summed E-state index contributed by atoms with van der Waals surface area (Å²) in [6.07, 6.45) is 0. The number of hydrogen-bond donors (Lipinski definition) is 0. The highest BCUT2D eigenvalue weighted by atomic mass is 16.5. The van der Waals surface area contributed by atoms with E-state index in [1.54, 1.807) is 0 Å². The van der Waals surface area contributed by atoms with Crippen LogP contribution in [0.4, 0.5) is 0 Å². The number of ether oxygens (including phenoxy) is 1. The van der Waals surface area contributed by atoms with Crippen LogP contribution in [0.1, 0.15) is 17.0 Å². The van der Waals surface area contributed by atoms with Crippen molar-refractivity contribution < 1.29 is 9.53 Å². The minimum absolute atomic E-state index is 0.0538. The van der Waals surface area contributed by atoms with Gasteiger partial charge in [0, 0.05) is 5.92 Å². The van der Waals surface area contributed by atoms with Crippen LogP contribution in [0.15, 0.2) is 60.7 Å². The lowest BCUT2D eigenvalue weighted by atomic mass is 9.92. The SMILES string of the molecule is [CH2]C(=O)OCC(c1ccccc1)c1ccccc1. The van der Waals surface area contributed by atoms with E-state index in [1.165, 1.54) is 0 Å². The molecule has 91 valence electrons. The Labute approximate surface area is 107 Å². The van der Waals surface area contributed by atoms with E-state index in [4.69, 9.17) is 4.74 Å². The van der Waals surface area contributed by atoms with Crippen molar-refractivity contribution in [2.45, 2.75) is 5.92 Å². The van der Waals surface area contributed by atoms with Crippen molar-refractivity contribution in [2.24, 2.45) is 0 Å². The van der Waals surface area contributed by atoms with Crippen molar-refractivity contribution in [3.63, 3.8) is 0 Å². The van der Waals surface area contributed by atoms with Crippen molar-refractivity contribution >= 4 is 5.97 Å². The Balaban J connectivity index is 2.26. The maximum Gasteiger partial charge on any atom is 0.306 e. The topological polar surface area (TPSA) is 26.3 Å². The smallest absolute Gasteiger partial charge is 0.306 e. The molecular formula is C16H15O2. The summed E-state index contributed by atoms with van der Waals surface area (Å²) < 4.78 is 5.06. The molecule has 0 aliphatic heterocycles. The normalized spacial score (nSPS) is 10.3. The van der Waals surface area contributed by atoms with Crippen molar-refractivity contribution in [3.8, 4) is 0 Å². The quantitative estimate of drug-likeness (QED) is 0.766. The summed E-state index contributed by atoms with van der Waals surface area (Å²) in [6.45, 7) is 3.55. The lowest BCUT2D eigenvalue weighted by molar-refractivity contribution is -0.138. The van der Waals surface area contributed by atoms with Gasteiger partial charge in [-0.2, -0.15) is 0 Å². The van der Waals surface area contributed by atoms with Crippen molar-refractivity contribution in [1.29, 1.82) is 0 Å². The zero-order valence-electron chi connectivity index (χ0n) is 10.1. The largest absolute Gasteiger partial charge is 0.465 e. The van der Waals surface area contributed by atoms with Crippen LogP contribution in [0.2, 0.25) is 0 Å². The van der Waals surface area contributed by atoms with E-state index in [9.17, 15) is 4.79 Å². The first-order valence-electron chi connectivity index (χ1n) is 5.86. The second kappa shape index (κ2) is 6.01. The van der Waals surface area contributed by atoms with Crippen LogP contribution in [-0.2, 0) is 9.53 Å². The van der Waals surface area contributed by atoms with Gasteiger partial charge in [-0.05, 0) is 11.1 Å². The molecule has 2 heteroatoms. The summed E-state index contributed by atoms with van der Waals surface area (Å²) in [5.74, 6) is -0.440. The van der Waals surface area contributed by atoms with Crippen molar-refractivity contribution in [3.05, 3.63) is 78.7 Å². The highest BCUT2D eigenvalue weighted by Gasteiger charge is 2.15. The number of esters is 1. The molecule has 0 aromatic heterocycles. The molecule has 1 radical (unpaired) electrons. The van der Waals surface area contributed by atoms with Crippen LogP contribution in [0.3, 0.4) is 0 Å². The molecule has 0 aliphatic carbocycles. The first-order chi connectivity index (χ1) is 8.77. The average Bonchev–Trinajstić information content (AvgIpc) is 2.41. The molecule has 0 unspecified atom stereocenters. The summed E-state index contributed by atoms with van der Waals surface area (Å²) >= 11 is 0. The monoisotopic (exact) mass is 239 g/mol. The van der Waals surface area contributed by atoms with Gasteiger partial charge in [0.1, 0.15) is 6.61 Å². The number of hydrogen-bond acceptors (Lipinski definition) is 2. The Morgan fingerprint density at radius 2 is 1.39 bits per heavy atom. The summed E-state index contributed by atoms with van der Waals surface area (Å²) in [5.41, 5.74) is 2.26. The molecule has 0 N–H and O–H groups in total. The first kappa shape index (κ1) is 12.4. The summed E-state index contributed by atoms with van der Waals surface area (Å²) in [7, 11) is 0. The van der Waals surface area contributed by atoms with Crippen LogP contribution in [0, 0.1) is 6.92 Å². The molecule has 2 nitrogen and oxygen atoms in total. The fourth-order valence-electron chi connectivity index (χ4n) is 1.93. The predicted molar refractivity (Wildman–Crippen MR) is 71.0 cm³/mol. The molecule has 0 saturated carbocycles. The third-order valence-corrected chi connectivity index (χ3v) is 2.81. The molecule has 2 aromatic carbocycles. The Bertz CT molecular complexity index is 452. The Morgan fingerprint density at radius 3 is 1.78 bits per heavy atom. The summed E-state index contributed by atoms with van der Waals surface area (Å²) in [4.78, 5) is 10.9. The fourth-order valence-corrected chi connectivity index (χ4v) is 1.93. The van der Waals surface area contributed by atoms with Gasteiger partial charge < -0.3 is 4.74 Å². The van der Waals surface area contributed by atoms with E-state index < -0.39 is 5.97 Å². The Morgan fingerprint density at radius 1 is 0.944 bits per heavy atom. The maximum atomic E-state index is 10.9. The zero-order chi connectivity index (χ0) is 12.8. The highest BCUT2D eigenvalue weighted by molar-refractivity contribution is 5.73. The molecule has 0 bridgehead atoms. The van der Waals surface area contributed by atoms with E-state index in [-0.39, 0.29) is 5.92 Å². The van der Waals surface area contributed by atoms with E-state index >= 15 is 0 Å². The second-order valence-corrected chi connectivity index (χ2v) is 4.06. The van der Waals surface area contributed by atoms with Gasteiger partial charge in [-0.3, -0.25) is 4.79 Å². The molecule has 0 aliphatic rings. The Kier molecular flexibility index (Phi) is 4.13. The summed E-state index contributed by atoms with van der Waals surface area (Å²) in [6, 6.07) is 20.0. The van der Waals surface area contributed by atoms with E-state index in [1.807, 2.05) is 60.7 Å². The molecule has 0 atom stereocenters. The number of benzene rings is 2. The van der Waals surface area contributed by atoms with E-state index in [0.717, 1.165) is 11.1 Å². The average molecular weight is 239 g/mol. The predicted octanol–water partition coefficient (Wildman–Crippen LogP) is 3.20. The van der Waals surface area contributed by atoms with Gasteiger partial charge >= 0.3 is 5.97 Å². The van der Waals surface area contributed by atoms with Crippen molar-refractivity contribution in [1.82, 2.24) is 0 Å². The van der Waals surface area contributed by atoms with Crippen LogP contribution in [0.25, 0.3) is 0 Å². The lowest BCUT2D eigenvalue weighted by Gasteiger charge is -2.17. The van der Waals surface area contributed by atoms with Gasteiger partial charge in [-0.1, -0.05) is 60.7 Å². The maximum absolute atomic E-state index is 10.9. The lowest BCUT2D eigenvalue weighted by Crippen LogP contribution is -2.12. The number of rotatable bonds is 4. The molecule has 0 fully saturated rings. The van der Waals surface area contributed by atoms with Gasteiger partial charge in [0.05, 0.1) is 6.92 Å². The molecular weight excluding hydrogens is 224 g/mol. The van der Waals surface area contributed by atoms with Crippen LogP contribution in [-0.4, -0.2) is 12.6 Å². The minimum atomic E-state index is -0.494. The van der Waals surface area contributed by atoms with Gasteiger partial charge in [-0.25, -0.2) is 0 Å². The second-order valence-electron chi connectivity index (χ2n) is 4.06. The van der Waals surface area contributed by atoms with Crippen LogP contribution >= 0.6 is 0 Å².